The largest absolute Gasteiger partial charge is 4.00 e. The molecule has 0 saturated carbocycles. The molecule has 2 unspecified atom stereocenters. The summed E-state index contributed by atoms with van der Waals surface area (Å²) < 4.78 is 0. The van der Waals surface area contributed by atoms with Gasteiger partial charge in [-0.2, -0.15) is 33.9 Å². The molecule has 0 fully saturated rings. The molecule has 0 amide bonds. The van der Waals surface area contributed by atoms with Crippen molar-refractivity contribution >= 4 is 0 Å². The second kappa shape index (κ2) is 15.3. The third-order valence-corrected chi connectivity index (χ3v) is 5.91. The van der Waals surface area contributed by atoms with E-state index in [1.165, 1.54) is 47.1 Å². The molecule has 2 aliphatic carbocycles. The van der Waals surface area contributed by atoms with Gasteiger partial charge in [0.25, 0.3) is 0 Å². The van der Waals surface area contributed by atoms with Gasteiger partial charge in [0.15, 0.2) is 0 Å². The zero-order chi connectivity index (χ0) is 27.0. The summed E-state index contributed by atoms with van der Waals surface area (Å²) in [5.41, 5.74) is 8.81. The van der Waals surface area contributed by atoms with Crippen molar-refractivity contribution in [2.75, 3.05) is 0 Å². The van der Waals surface area contributed by atoms with Gasteiger partial charge in [0, 0.05) is 0 Å². The van der Waals surface area contributed by atoms with Crippen LogP contribution >= 0.6 is 0 Å². The maximum Gasteiger partial charge on any atom is 4.00 e. The van der Waals surface area contributed by atoms with Crippen molar-refractivity contribution in [2.45, 2.75) is 113 Å². The zero-order valence-corrected chi connectivity index (χ0v) is 27.1. The van der Waals surface area contributed by atoms with Gasteiger partial charge < -0.3 is 10.2 Å². The van der Waals surface area contributed by atoms with E-state index in [2.05, 4.69) is 83.2 Å². The Morgan fingerprint density at radius 1 is 0.889 bits per heavy atom. The van der Waals surface area contributed by atoms with E-state index in [9.17, 15) is 10.2 Å². The van der Waals surface area contributed by atoms with Gasteiger partial charge in [-0.15, -0.1) is 18.1 Å². The van der Waals surface area contributed by atoms with Crippen LogP contribution in [0.4, 0.5) is 0 Å². The molecule has 2 nitrogen and oxygen atoms in total. The van der Waals surface area contributed by atoms with Crippen LogP contribution in [0, 0.1) is 18.9 Å². The first-order valence-corrected chi connectivity index (χ1v) is 13.0. The summed E-state index contributed by atoms with van der Waals surface area (Å²) in [6, 6.07) is 15.7. The van der Waals surface area contributed by atoms with Crippen LogP contribution < -0.4 is 10.2 Å². The van der Waals surface area contributed by atoms with Crippen LogP contribution in [0.3, 0.4) is 0 Å². The van der Waals surface area contributed by atoms with Crippen LogP contribution in [-0.4, -0.2) is 11.2 Å². The summed E-state index contributed by atoms with van der Waals surface area (Å²) in [4.78, 5) is 0. The first kappa shape index (κ1) is 34.9. The molecule has 2 aromatic rings. The van der Waals surface area contributed by atoms with E-state index in [0.29, 0.717) is 11.8 Å². The Morgan fingerprint density at radius 3 is 1.78 bits per heavy atom. The number of fused-ring (bicyclic) bond motifs is 1. The van der Waals surface area contributed by atoms with Crippen molar-refractivity contribution in [2.24, 2.45) is 5.92 Å². The molecule has 0 bridgehead atoms. The molecule has 0 radical (unpaired) electrons. The van der Waals surface area contributed by atoms with Crippen LogP contribution in [0.15, 0.2) is 59.2 Å². The molecule has 0 aliphatic heterocycles. The third-order valence-electron chi connectivity index (χ3n) is 5.91. The molecule has 3 heteroatoms. The Kier molecular flexibility index (Phi) is 14.8. The van der Waals surface area contributed by atoms with Gasteiger partial charge in [0.2, 0.25) is 0 Å². The van der Waals surface area contributed by atoms with Gasteiger partial charge in [0.1, 0.15) is 0 Å². The van der Waals surface area contributed by atoms with Crippen molar-refractivity contribution in [1.29, 1.82) is 0 Å². The van der Waals surface area contributed by atoms with E-state index in [-0.39, 0.29) is 26.2 Å². The summed E-state index contributed by atoms with van der Waals surface area (Å²) in [5, 5.41) is 20.2. The summed E-state index contributed by atoms with van der Waals surface area (Å²) >= 11 is 0. The molecule has 0 saturated heterocycles. The minimum absolute atomic E-state index is 0. The number of benzene rings is 1. The van der Waals surface area contributed by atoms with Crippen molar-refractivity contribution in [3.63, 3.8) is 0 Å². The Bertz CT molecular complexity index is 941. The van der Waals surface area contributed by atoms with E-state index in [0.717, 1.165) is 0 Å². The first-order valence-electron chi connectivity index (χ1n) is 13.0. The smallest absolute Gasteiger partial charge is 0.850 e. The van der Waals surface area contributed by atoms with E-state index in [1.54, 1.807) is 52.7 Å². The normalized spacial score (nSPS) is 18.8. The fourth-order valence-corrected chi connectivity index (χ4v) is 4.12. The molecule has 0 aromatic heterocycles. The Hall–Kier alpha value is -1.15. The Labute approximate surface area is 241 Å². The van der Waals surface area contributed by atoms with Gasteiger partial charge in [-0.05, 0) is 5.92 Å². The van der Waals surface area contributed by atoms with E-state index >= 15 is 0 Å². The predicted molar refractivity (Wildman–Crippen MR) is 147 cm³/mol. The van der Waals surface area contributed by atoms with Crippen molar-refractivity contribution in [1.82, 2.24) is 0 Å². The van der Waals surface area contributed by atoms with Crippen LogP contribution in [-0.2, 0) is 32.6 Å². The standard InChI is InChI=1S/C16H17.C9H13.2C4H9O.Zr/c1-12-10-14-8-5-9-15(16(14)11-12)13-6-3-2-4-7-13;1-6-5-7(2)9(4)8(6)3;2*1-4(2,3)5;/h2-4,6-7,10-11,15H,5,8-9H2,1H3;6H,1-4H3;2*1-3H3;/q4*-1;+4. The topological polar surface area (TPSA) is 46.1 Å². The molecule has 2 aliphatic rings. The Morgan fingerprint density at radius 2 is 1.39 bits per heavy atom. The maximum absolute atomic E-state index is 10.1. The van der Waals surface area contributed by atoms with Gasteiger partial charge in [-0.1, -0.05) is 130 Å². The number of rotatable bonds is 1. The predicted octanol–water partition coefficient (Wildman–Crippen LogP) is 7.19. The number of allylic oxidation sites excluding steroid dienone is 4. The number of aryl methyl sites for hydroxylation is 2. The fraction of sp³-hybridized carbons (Fsp3) is 0.545. The zero-order valence-electron chi connectivity index (χ0n) is 24.6. The van der Waals surface area contributed by atoms with Crippen LogP contribution in [0.25, 0.3) is 0 Å². The van der Waals surface area contributed by atoms with Crippen molar-refractivity contribution in [3.05, 3.63) is 87.5 Å². The monoisotopic (exact) mass is 566 g/mol. The second-order valence-electron chi connectivity index (χ2n) is 11.9. The van der Waals surface area contributed by atoms with Crippen LogP contribution in [0.1, 0.15) is 110 Å². The fourth-order valence-electron chi connectivity index (χ4n) is 4.12. The Balaban J connectivity index is 0.000000522. The van der Waals surface area contributed by atoms with Crippen molar-refractivity contribution in [3.8, 4) is 0 Å². The number of hydrogen-bond donors (Lipinski definition) is 0. The second-order valence-corrected chi connectivity index (χ2v) is 11.9. The minimum atomic E-state index is -0.750. The van der Waals surface area contributed by atoms with E-state index < -0.39 is 11.2 Å². The summed E-state index contributed by atoms with van der Waals surface area (Å²) in [6.45, 7) is 20.7. The van der Waals surface area contributed by atoms with Crippen molar-refractivity contribution < 1.29 is 36.4 Å². The molecule has 2 atom stereocenters. The first-order chi connectivity index (χ1) is 16.0. The summed E-state index contributed by atoms with van der Waals surface area (Å²) in [7, 11) is 0. The summed E-state index contributed by atoms with van der Waals surface area (Å²) in [5.74, 6) is 1.20. The maximum atomic E-state index is 10.1. The third kappa shape index (κ3) is 14.0. The van der Waals surface area contributed by atoms with E-state index in [4.69, 9.17) is 0 Å². The van der Waals surface area contributed by atoms with Gasteiger partial charge in [-0.25, -0.2) is 11.6 Å². The molecule has 196 valence electrons. The average Bonchev–Trinajstić information content (AvgIpc) is 3.20. The van der Waals surface area contributed by atoms with Gasteiger partial charge in [0.05, 0.1) is 0 Å². The summed E-state index contributed by atoms with van der Waals surface area (Å²) in [6.07, 6.45) is 7.26. The van der Waals surface area contributed by atoms with Gasteiger partial charge >= 0.3 is 26.2 Å². The average molecular weight is 568 g/mol. The quantitative estimate of drug-likeness (QED) is 0.342. The molecular formula is C33H48O2Zr. The van der Waals surface area contributed by atoms with Crippen LogP contribution in [0.2, 0.25) is 0 Å². The molecule has 0 N–H and O–H groups in total. The SMILES string of the molecule is CC(C)(C)[O-].CC(C)(C)[O-].CC1=[C-]C(C)C(C)=C1C.Cc1cc2c([cH-]1)CCCC2c1ccccc1.[Zr+4]. The van der Waals surface area contributed by atoms with E-state index in [1.807, 2.05) is 0 Å². The molecule has 0 spiro atoms. The molecular weight excluding hydrogens is 520 g/mol. The molecule has 36 heavy (non-hydrogen) atoms. The van der Waals surface area contributed by atoms with Crippen LogP contribution in [0.5, 0.6) is 0 Å². The van der Waals surface area contributed by atoms with Gasteiger partial charge in [-0.3, -0.25) is 6.08 Å². The molecule has 4 rings (SSSR count). The number of hydrogen-bond acceptors (Lipinski definition) is 2. The minimum Gasteiger partial charge on any atom is -0.850 e. The molecule has 0 heterocycles. The molecule has 2 aromatic carbocycles.